The van der Waals surface area contributed by atoms with Crippen LogP contribution in [0.15, 0.2) is 28.7 Å². The number of oxazole rings is 1. The Morgan fingerprint density at radius 1 is 1.18 bits per heavy atom. The number of benzene rings is 1. The van der Waals surface area contributed by atoms with Crippen LogP contribution in [0.1, 0.15) is 97.0 Å². The number of fused-ring (bicyclic) bond motifs is 1. The van der Waals surface area contributed by atoms with E-state index in [0.29, 0.717) is 49.4 Å². The minimum Gasteiger partial charge on any atom is -0.444 e. The van der Waals surface area contributed by atoms with Crippen molar-refractivity contribution in [2.75, 3.05) is 19.7 Å². The van der Waals surface area contributed by atoms with Gasteiger partial charge in [0.2, 0.25) is 5.89 Å². The van der Waals surface area contributed by atoms with Crippen molar-refractivity contribution >= 4 is 23.0 Å². The zero-order chi connectivity index (χ0) is 28.5. The van der Waals surface area contributed by atoms with E-state index in [9.17, 15) is 14.7 Å². The van der Waals surface area contributed by atoms with Gasteiger partial charge in [-0.1, -0.05) is 37.8 Å². The van der Waals surface area contributed by atoms with Gasteiger partial charge in [0, 0.05) is 32.0 Å². The summed E-state index contributed by atoms with van der Waals surface area (Å²) in [6.07, 6.45) is 7.88. The molecule has 0 radical (unpaired) electrons. The van der Waals surface area contributed by atoms with Crippen LogP contribution in [0.4, 0.5) is 4.79 Å². The van der Waals surface area contributed by atoms with Crippen LogP contribution in [0.25, 0.3) is 11.1 Å². The van der Waals surface area contributed by atoms with Gasteiger partial charge in [0.1, 0.15) is 23.0 Å². The number of ether oxygens (including phenoxy) is 2. The monoisotopic (exact) mass is 557 g/mol. The van der Waals surface area contributed by atoms with Crippen molar-refractivity contribution in [1.29, 1.82) is 0 Å². The van der Waals surface area contributed by atoms with E-state index in [2.05, 4.69) is 15.6 Å². The number of nitrogens with one attached hydrogen (secondary N) is 2. The van der Waals surface area contributed by atoms with E-state index in [1.165, 1.54) is 32.1 Å². The highest BCUT2D eigenvalue weighted by atomic mass is 16.6. The van der Waals surface area contributed by atoms with Crippen molar-refractivity contribution in [3.8, 4) is 0 Å². The van der Waals surface area contributed by atoms with Gasteiger partial charge in [-0.2, -0.15) is 0 Å². The van der Waals surface area contributed by atoms with Gasteiger partial charge in [-0.05, 0) is 70.9 Å². The molecule has 1 saturated heterocycles. The van der Waals surface area contributed by atoms with Crippen LogP contribution in [0.5, 0.6) is 0 Å². The van der Waals surface area contributed by atoms with Gasteiger partial charge >= 0.3 is 6.09 Å². The predicted molar refractivity (Wildman–Crippen MR) is 153 cm³/mol. The Morgan fingerprint density at radius 3 is 2.70 bits per heavy atom. The number of unbranched alkanes of at least 4 members (excludes halogenated alkanes) is 1. The summed E-state index contributed by atoms with van der Waals surface area (Å²) in [7, 11) is 0. The van der Waals surface area contributed by atoms with Crippen LogP contribution in [-0.2, 0) is 14.3 Å². The molecule has 3 N–H and O–H groups in total. The Labute approximate surface area is 237 Å². The molecule has 1 aliphatic carbocycles. The largest absolute Gasteiger partial charge is 0.444 e. The third-order valence-electron chi connectivity index (χ3n) is 7.91. The zero-order valence-corrected chi connectivity index (χ0v) is 24.3. The molecule has 9 heteroatoms. The molecule has 1 unspecified atom stereocenters. The normalized spacial score (nSPS) is 21.8. The van der Waals surface area contributed by atoms with Crippen molar-refractivity contribution in [3.05, 3.63) is 30.2 Å². The molecule has 1 aromatic carbocycles. The first kappa shape index (κ1) is 30.5. The van der Waals surface area contributed by atoms with Crippen molar-refractivity contribution in [1.82, 2.24) is 15.6 Å². The summed E-state index contributed by atoms with van der Waals surface area (Å²) in [5.74, 6) is 0.602. The average Bonchev–Trinajstić information content (AvgIpc) is 3.58. The van der Waals surface area contributed by atoms with Crippen molar-refractivity contribution < 1.29 is 28.6 Å². The molecule has 0 bridgehead atoms. The molecular weight excluding hydrogens is 510 g/mol. The second-order valence-corrected chi connectivity index (χ2v) is 12.5. The number of rotatable bonds is 13. The summed E-state index contributed by atoms with van der Waals surface area (Å²) in [6, 6.07) is 7.12. The predicted octanol–water partition coefficient (Wildman–Crippen LogP) is 5.46. The summed E-state index contributed by atoms with van der Waals surface area (Å²) < 4.78 is 17.3. The molecule has 40 heavy (non-hydrogen) atoms. The Balaban J connectivity index is 1.30. The highest BCUT2D eigenvalue weighted by molar-refractivity contribution is 5.84. The number of ketones is 1. The number of aromatic nitrogens is 1. The lowest BCUT2D eigenvalue weighted by atomic mass is 9.88. The van der Waals surface area contributed by atoms with Crippen molar-refractivity contribution in [2.45, 2.75) is 109 Å². The summed E-state index contributed by atoms with van der Waals surface area (Å²) in [6.45, 7) is 7.39. The van der Waals surface area contributed by atoms with Crippen LogP contribution in [0.2, 0.25) is 0 Å². The fourth-order valence-corrected chi connectivity index (χ4v) is 5.73. The summed E-state index contributed by atoms with van der Waals surface area (Å²) >= 11 is 0. The van der Waals surface area contributed by atoms with Gasteiger partial charge in [0.15, 0.2) is 5.58 Å². The Hall–Kier alpha value is -2.49. The number of aliphatic hydroxyl groups excluding tert-OH is 1. The quantitative estimate of drug-likeness (QED) is 0.278. The van der Waals surface area contributed by atoms with Gasteiger partial charge < -0.3 is 29.6 Å². The number of aliphatic hydroxyl groups is 1. The topological polar surface area (TPSA) is 123 Å². The van der Waals surface area contributed by atoms with Gasteiger partial charge in [0.05, 0.1) is 12.1 Å². The molecule has 1 saturated carbocycles. The van der Waals surface area contributed by atoms with Crippen LogP contribution in [-0.4, -0.2) is 59.4 Å². The second kappa shape index (κ2) is 14.4. The number of carbonyl (C=O) groups is 2. The number of hydrogen-bond donors (Lipinski definition) is 3. The minimum absolute atomic E-state index is 0.0511. The standard InChI is InChI=1S/C31H47N3O6/c1-31(2,3)40-30(37)32-16-10-9-13-22(28(36)29-34-24-14-7-8-15-27(24)39-29)17-26(35)25-18-23(19-33-25)38-20-21-11-5-4-6-12-21/h7-8,14-15,21-23,25,28,33,36H,4-6,9-13,16-20H2,1-3H3,(H,32,37)/t22-,23-,25+,28?/m1/s1. The molecule has 4 rings (SSSR count). The van der Waals surface area contributed by atoms with E-state index < -0.39 is 17.8 Å². The van der Waals surface area contributed by atoms with Crippen LogP contribution >= 0.6 is 0 Å². The lowest BCUT2D eigenvalue weighted by Gasteiger charge is -2.23. The van der Waals surface area contributed by atoms with E-state index in [0.717, 1.165) is 13.0 Å². The molecule has 1 aliphatic heterocycles. The first-order chi connectivity index (χ1) is 19.2. The number of para-hydroxylation sites is 2. The number of hydrogen-bond acceptors (Lipinski definition) is 8. The summed E-state index contributed by atoms with van der Waals surface area (Å²) in [4.78, 5) is 29.8. The molecular formula is C31H47N3O6. The molecule has 1 amide bonds. The average molecular weight is 558 g/mol. The first-order valence-corrected chi connectivity index (χ1v) is 15.1. The number of amides is 1. The van der Waals surface area contributed by atoms with E-state index in [1.807, 2.05) is 45.0 Å². The molecule has 0 spiro atoms. The third-order valence-corrected chi connectivity index (χ3v) is 7.91. The van der Waals surface area contributed by atoms with Crippen LogP contribution in [0, 0.1) is 11.8 Å². The number of alkyl carbamates (subject to hydrolysis) is 1. The minimum atomic E-state index is -1.00. The number of carbonyl (C=O) groups excluding carboxylic acids is 2. The summed E-state index contributed by atoms with van der Waals surface area (Å²) in [5, 5.41) is 17.4. The molecule has 9 nitrogen and oxygen atoms in total. The molecule has 4 atom stereocenters. The highest BCUT2D eigenvalue weighted by Gasteiger charge is 2.34. The van der Waals surface area contributed by atoms with E-state index in [1.54, 1.807) is 0 Å². The maximum atomic E-state index is 13.4. The van der Waals surface area contributed by atoms with E-state index in [-0.39, 0.29) is 36.2 Å². The van der Waals surface area contributed by atoms with E-state index in [4.69, 9.17) is 13.9 Å². The summed E-state index contributed by atoms with van der Waals surface area (Å²) in [5.41, 5.74) is 0.741. The molecule has 2 fully saturated rings. The second-order valence-electron chi connectivity index (χ2n) is 12.5. The lowest BCUT2D eigenvalue weighted by molar-refractivity contribution is -0.123. The molecule has 2 aromatic rings. The molecule has 2 aliphatic rings. The Bertz CT molecular complexity index is 1060. The van der Waals surface area contributed by atoms with Gasteiger partial charge in [-0.3, -0.25) is 4.79 Å². The highest BCUT2D eigenvalue weighted by Crippen LogP contribution is 2.32. The molecule has 222 valence electrons. The Kier molecular flexibility index (Phi) is 11.0. The molecule has 1 aromatic heterocycles. The first-order valence-electron chi connectivity index (χ1n) is 15.1. The smallest absolute Gasteiger partial charge is 0.407 e. The Morgan fingerprint density at radius 2 is 1.95 bits per heavy atom. The number of nitrogens with zero attached hydrogens (tertiary/aromatic N) is 1. The maximum Gasteiger partial charge on any atom is 0.407 e. The fraction of sp³-hybridized carbons (Fsp3) is 0.710. The number of Topliss-reactive ketones (excluding diaryl/α,β-unsaturated/α-hetero) is 1. The lowest BCUT2D eigenvalue weighted by Crippen LogP contribution is -2.33. The van der Waals surface area contributed by atoms with Gasteiger partial charge in [0.25, 0.3) is 0 Å². The van der Waals surface area contributed by atoms with Gasteiger partial charge in [-0.25, -0.2) is 9.78 Å². The fourth-order valence-electron chi connectivity index (χ4n) is 5.73. The van der Waals surface area contributed by atoms with Crippen LogP contribution < -0.4 is 10.6 Å². The SMILES string of the molecule is CC(C)(C)OC(=O)NCCCC[C@H](CC(=O)[C@@H]1C[C@@H](OCC2CCCCC2)CN1)C(O)c1nc2ccccc2o1. The van der Waals surface area contributed by atoms with Crippen molar-refractivity contribution in [2.24, 2.45) is 11.8 Å². The van der Waals surface area contributed by atoms with Crippen LogP contribution in [0.3, 0.4) is 0 Å². The van der Waals surface area contributed by atoms with Crippen molar-refractivity contribution in [3.63, 3.8) is 0 Å². The zero-order valence-electron chi connectivity index (χ0n) is 24.3. The third kappa shape index (κ3) is 9.28. The van der Waals surface area contributed by atoms with E-state index >= 15 is 0 Å². The maximum absolute atomic E-state index is 13.4. The molecule has 2 heterocycles. The van der Waals surface area contributed by atoms with Gasteiger partial charge in [-0.15, -0.1) is 0 Å².